The summed E-state index contributed by atoms with van der Waals surface area (Å²) in [7, 11) is 5.84. The van der Waals surface area contributed by atoms with Gasteiger partial charge in [0.15, 0.2) is 6.29 Å². The smallest absolute Gasteiger partial charge is 0.183 e. The highest BCUT2D eigenvalue weighted by Gasteiger charge is 2.13. The van der Waals surface area contributed by atoms with Gasteiger partial charge in [-0.05, 0) is 19.9 Å². The minimum Gasteiger partial charge on any atom is -0.349 e. The van der Waals surface area contributed by atoms with Crippen LogP contribution in [-0.2, 0) is 9.47 Å². The van der Waals surface area contributed by atoms with E-state index in [1.165, 1.54) is 0 Å². The van der Waals surface area contributed by atoms with E-state index in [1.54, 1.807) is 12.1 Å². The van der Waals surface area contributed by atoms with E-state index in [0.717, 1.165) is 5.56 Å². The van der Waals surface area contributed by atoms with Gasteiger partial charge < -0.3 is 9.47 Å². The molecule has 0 fully saturated rings. The molecule has 1 rings (SSSR count). The van der Waals surface area contributed by atoms with Crippen LogP contribution in [0.25, 0.3) is 0 Å². The summed E-state index contributed by atoms with van der Waals surface area (Å²) in [5.41, 5.74) is 1.41. The molecule has 1 aromatic carbocycles. The van der Waals surface area contributed by atoms with Crippen molar-refractivity contribution in [1.82, 2.24) is 0 Å². The maximum absolute atomic E-state index is 5.84. The number of hydrogen-bond donors (Lipinski definition) is 0. The van der Waals surface area contributed by atoms with Gasteiger partial charge in [-0.2, -0.15) is 0 Å². The molecule has 1 aromatic rings. The fourth-order valence-electron chi connectivity index (χ4n) is 1.29. The lowest BCUT2D eigenvalue weighted by Crippen LogP contribution is -2.19. The quantitative estimate of drug-likeness (QED) is 0.564. The first kappa shape index (κ1) is 12.6. The zero-order chi connectivity index (χ0) is 11.3. The topological polar surface area (TPSA) is 18.5 Å². The number of halogens is 1. The van der Waals surface area contributed by atoms with Gasteiger partial charge in [-0.15, -0.1) is 0 Å². The van der Waals surface area contributed by atoms with Crippen molar-refractivity contribution in [3.05, 3.63) is 28.8 Å². The van der Waals surface area contributed by atoms with Gasteiger partial charge >= 0.3 is 0 Å². The minimum atomic E-state index is -0.405. The molecule has 0 aliphatic carbocycles. The van der Waals surface area contributed by atoms with Crippen molar-refractivity contribution >= 4 is 24.9 Å². The average molecular weight is 224 g/mol. The Balaban J connectivity index is 2.89. The third kappa shape index (κ3) is 3.52. The fraction of sp³-hybridized carbons (Fsp3) is 0.455. The summed E-state index contributed by atoms with van der Waals surface area (Å²) in [4.78, 5) is 0. The van der Waals surface area contributed by atoms with E-state index in [2.05, 4.69) is 0 Å². The van der Waals surface area contributed by atoms with Gasteiger partial charge in [0.2, 0.25) is 0 Å². The van der Waals surface area contributed by atoms with Gasteiger partial charge in [-0.1, -0.05) is 29.2 Å². The van der Waals surface area contributed by atoms with E-state index in [0.29, 0.717) is 23.7 Å². The van der Waals surface area contributed by atoms with Gasteiger partial charge in [0, 0.05) is 23.8 Å². The Morgan fingerprint density at radius 2 is 1.87 bits per heavy atom. The molecule has 0 aromatic heterocycles. The molecule has 0 heterocycles. The highest BCUT2D eigenvalue weighted by atomic mass is 35.5. The summed E-state index contributed by atoms with van der Waals surface area (Å²) in [5.74, 6) is 0. The Kier molecular flexibility index (Phi) is 5.16. The maximum Gasteiger partial charge on any atom is 0.183 e. The standard InChI is InChI=1S/C11H14BClO2/c1-3-14-11(15-4-2)9-6-5-8(13)7-10(9)12/h5-7,11H,3-4H2,1-2H3. The zero-order valence-electron chi connectivity index (χ0n) is 9.00. The lowest BCUT2D eigenvalue weighted by atomic mass is 9.90. The normalized spacial score (nSPS) is 10.9. The van der Waals surface area contributed by atoms with Crippen molar-refractivity contribution in [3.8, 4) is 0 Å². The molecular formula is C11H14BClO2. The number of rotatable bonds is 5. The average Bonchev–Trinajstić information content (AvgIpc) is 2.17. The molecule has 80 valence electrons. The summed E-state index contributed by atoms with van der Waals surface area (Å²) < 4.78 is 10.9. The summed E-state index contributed by atoms with van der Waals surface area (Å²) in [6, 6.07) is 5.30. The Morgan fingerprint density at radius 3 is 2.33 bits per heavy atom. The lowest BCUT2D eigenvalue weighted by Gasteiger charge is -2.19. The van der Waals surface area contributed by atoms with Crippen molar-refractivity contribution < 1.29 is 9.47 Å². The minimum absolute atomic E-state index is 0.405. The van der Waals surface area contributed by atoms with Crippen LogP contribution in [0.2, 0.25) is 5.02 Å². The third-order valence-electron chi connectivity index (χ3n) is 1.94. The molecular weight excluding hydrogens is 210 g/mol. The first-order chi connectivity index (χ1) is 7.19. The molecule has 4 heteroatoms. The second-order valence-corrected chi connectivity index (χ2v) is 3.45. The van der Waals surface area contributed by atoms with Crippen molar-refractivity contribution in [1.29, 1.82) is 0 Å². The lowest BCUT2D eigenvalue weighted by molar-refractivity contribution is -0.139. The van der Waals surface area contributed by atoms with Crippen LogP contribution < -0.4 is 5.46 Å². The predicted molar refractivity (Wildman–Crippen MR) is 62.8 cm³/mol. The van der Waals surface area contributed by atoms with Gasteiger partial charge in [0.05, 0.1) is 0 Å². The van der Waals surface area contributed by atoms with Gasteiger partial charge in [-0.25, -0.2) is 0 Å². The molecule has 0 aliphatic rings. The molecule has 2 nitrogen and oxygen atoms in total. The van der Waals surface area contributed by atoms with Gasteiger partial charge in [0.25, 0.3) is 0 Å². The summed E-state index contributed by atoms with van der Waals surface area (Å²) in [6.07, 6.45) is -0.405. The molecule has 0 aliphatic heterocycles. The highest BCUT2D eigenvalue weighted by molar-refractivity contribution is 6.36. The van der Waals surface area contributed by atoms with Crippen LogP contribution in [0.4, 0.5) is 0 Å². The third-order valence-corrected chi connectivity index (χ3v) is 2.17. The monoisotopic (exact) mass is 224 g/mol. The van der Waals surface area contributed by atoms with Gasteiger partial charge in [-0.3, -0.25) is 0 Å². The van der Waals surface area contributed by atoms with E-state index in [-0.39, 0.29) is 0 Å². The largest absolute Gasteiger partial charge is 0.349 e. The highest BCUT2D eigenvalue weighted by Crippen LogP contribution is 2.18. The van der Waals surface area contributed by atoms with Crippen molar-refractivity contribution in [3.63, 3.8) is 0 Å². The molecule has 0 saturated heterocycles. The van der Waals surface area contributed by atoms with E-state index in [9.17, 15) is 0 Å². The van der Waals surface area contributed by atoms with Crippen LogP contribution in [0.15, 0.2) is 18.2 Å². The molecule has 0 amide bonds. The van der Waals surface area contributed by atoms with Crippen LogP contribution in [0.1, 0.15) is 25.7 Å². The number of ether oxygens (including phenoxy) is 2. The summed E-state index contributed by atoms with van der Waals surface area (Å²) in [5, 5.41) is 0.614. The Labute approximate surface area is 96.9 Å². The Bertz CT molecular complexity index is 311. The van der Waals surface area contributed by atoms with Crippen LogP contribution in [0, 0.1) is 0 Å². The first-order valence-corrected chi connectivity index (χ1v) is 5.35. The number of hydrogen-bond acceptors (Lipinski definition) is 2. The Hall–Kier alpha value is -0.505. The van der Waals surface area contributed by atoms with Crippen LogP contribution in [0.3, 0.4) is 0 Å². The van der Waals surface area contributed by atoms with E-state index >= 15 is 0 Å². The molecule has 0 spiro atoms. The molecule has 0 atom stereocenters. The van der Waals surface area contributed by atoms with Crippen LogP contribution >= 0.6 is 11.6 Å². The molecule has 0 bridgehead atoms. The van der Waals surface area contributed by atoms with Crippen LogP contribution in [0.5, 0.6) is 0 Å². The molecule has 15 heavy (non-hydrogen) atoms. The van der Waals surface area contributed by atoms with Crippen molar-refractivity contribution in [2.75, 3.05) is 13.2 Å². The molecule has 0 N–H and O–H groups in total. The van der Waals surface area contributed by atoms with E-state index in [1.807, 2.05) is 19.9 Å². The van der Waals surface area contributed by atoms with Crippen LogP contribution in [-0.4, -0.2) is 21.1 Å². The second kappa shape index (κ2) is 6.16. The Morgan fingerprint density at radius 1 is 1.27 bits per heavy atom. The zero-order valence-corrected chi connectivity index (χ0v) is 9.75. The second-order valence-electron chi connectivity index (χ2n) is 3.02. The van der Waals surface area contributed by atoms with Gasteiger partial charge in [0.1, 0.15) is 7.85 Å². The maximum atomic E-state index is 5.84. The fourth-order valence-corrected chi connectivity index (χ4v) is 1.47. The SMILES string of the molecule is [B]c1cc(Cl)ccc1C(OCC)OCC. The number of benzene rings is 1. The summed E-state index contributed by atoms with van der Waals surface area (Å²) >= 11 is 5.81. The van der Waals surface area contributed by atoms with E-state index in [4.69, 9.17) is 28.9 Å². The van der Waals surface area contributed by atoms with E-state index < -0.39 is 6.29 Å². The predicted octanol–water partition coefficient (Wildman–Crippen LogP) is 2.21. The van der Waals surface area contributed by atoms with Crippen molar-refractivity contribution in [2.45, 2.75) is 20.1 Å². The van der Waals surface area contributed by atoms with Crippen molar-refractivity contribution in [2.24, 2.45) is 0 Å². The molecule has 0 saturated carbocycles. The molecule has 2 radical (unpaired) electrons. The summed E-state index contributed by atoms with van der Waals surface area (Å²) in [6.45, 7) is 4.98. The first-order valence-electron chi connectivity index (χ1n) is 4.97. The molecule has 0 unspecified atom stereocenters.